The van der Waals surface area contributed by atoms with Gasteiger partial charge in [0, 0.05) is 37.5 Å². The van der Waals surface area contributed by atoms with Crippen molar-refractivity contribution in [2.45, 2.75) is 38.3 Å². The molecular formula is C24H26N4O. The van der Waals surface area contributed by atoms with Gasteiger partial charge in [-0.15, -0.1) is 0 Å². The second-order valence-corrected chi connectivity index (χ2v) is 7.51. The minimum atomic E-state index is -0.281. The van der Waals surface area contributed by atoms with Gasteiger partial charge >= 0.3 is 0 Å². The largest absolute Gasteiger partial charge is 0.370 e. The Hall–Kier alpha value is -3.05. The SMILES string of the molecule is NC(=O)CCN(Cc1ncccc1-c1ccccc1)[C@H]1CCCc2cccnc21. The van der Waals surface area contributed by atoms with Crippen molar-refractivity contribution in [3.8, 4) is 11.1 Å². The van der Waals surface area contributed by atoms with Crippen LogP contribution in [0.1, 0.15) is 42.3 Å². The fourth-order valence-electron chi connectivity index (χ4n) is 4.18. The number of carbonyl (C=O) groups is 1. The number of hydrogen-bond acceptors (Lipinski definition) is 4. The van der Waals surface area contributed by atoms with E-state index in [1.165, 1.54) is 5.56 Å². The zero-order valence-corrected chi connectivity index (χ0v) is 16.5. The molecule has 0 saturated carbocycles. The standard InChI is InChI=1S/C24H26N4O/c25-23(29)13-16-28(22-12-4-9-19-10-5-15-27-24(19)22)17-21-20(11-6-14-26-21)18-7-2-1-3-8-18/h1-3,5-8,10-11,14-15,22H,4,9,12-13,16-17H2,(H2,25,29)/t22-/m0/s1. The van der Waals surface area contributed by atoms with Gasteiger partial charge in [-0.2, -0.15) is 0 Å². The number of amides is 1. The molecule has 0 unspecified atom stereocenters. The quantitative estimate of drug-likeness (QED) is 0.668. The number of primary amides is 1. The number of aryl methyl sites for hydroxylation is 1. The van der Waals surface area contributed by atoms with Crippen molar-refractivity contribution in [3.63, 3.8) is 0 Å². The number of hydrogen-bond donors (Lipinski definition) is 1. The maximum Gasteiger partial charge on any atom is 0.218 e. The molecule has 3 aromatic rings. The predicted octanol–water partition coefficient (Wildman–Crippen LogP) is 3.90. The molecule has 1 aromatic carbocycles. The van der Waals surface area contributed by atoms with Gasteiger partial charge < -0.3 is 5.73 Å². The molecular weight excluding hydrogens is 360 g/mol. The summed E-state index contributed by atoms with van der Waals surface area (Å²) in [6, 6.07) is 18.7. The number of carbonyl (C=O) groups excluding carboxylic acids is 1. The summed E-state index contributed by atoms with van der Waals surface area (Å²) in [6.45, 7) is 1.25. The van der Waals surface area contributed by atoms with Crippen LogP contribution in [0.2, 0.25) is 0 Å². The zero-order valence-electron chi connectivity index (χ0n) is 16.5. The summed E-state index contributed by atoms with van der Waals surface area (Å²) in [5, 5.41) is 0. The van der Waals surface area contributed by atoms with Crippen LogP contribution in [-0.4, -0.2) is 27.3 Å². The van der Waals surface area contributed by atoms with Gasteiger partial charge in [-0.3, -0.25) is 19.7 Å². The maximum absolute atomic E-state index is 11.5. The summed E-state index contributed by atoms with van der Waals surface area (Å²) >= 11 is 0. The smallest absolute Gasteiger partial charge is 0.218 e. The van der Waals surface area contributed by atoms with E-state index in [1.807, 2.05) is 42.7 Å². The van der Waals surface area contributed by atoms with E-state index in [1.54, 1.807) is 0 Å². The summed E-state index contributed by atoms with van der Waals surface area (Å²) in [7, 11) is 0. The minimum Gasteiger partial charge on any atom is -0.370 e. The van der Waals surface area contributed by atoms with E-state index in [2.05, 4.69) is 29.2 Å². The number of fused-ring (bicyclic) bond motifs is 1. The lowest BCUT2D eigenvalue weighted by Crippen LogP contribution is -2.34. The molecule has 1 aliphatic rings. The lowest BCUT2D eigenvalue weighted by molar-refractivity contribution is -0.118. The molecule has 2 aromatic heterocycles. The Bertz CT molecular complexity index is 973. The highest BCUT2D eigenvalue weighted by Crippen LogP contribution is 2.34. The molecule has 1 atom stereocenters. The molecule has 2 heterocycles. The maximum atomic E-state index is 11.5. The van der Waals surface area contributed by atoms with Crippen molar-refractivity contribution in [1.29, 1.82) is 0 Å². The Morgan fingerprint density at radius 3 is 2.66 bits per heavy atom. The number of nitrogens with zero attached hydrogens (tertiary/aromatic N) is 3. The van der Waals surface area contributed by atoms with E-state index < -0.39 is 0 Å². The van der Waals surface area contributed by atoms with Crippen LogP contribution in [0.5, 0.6) is 0 Å². The minimum absolute atomic E-state index is 0.171. The number of benzene rings is 1. The third-order valence-electron chi connectivity index (χ3n) is 5.58. The first kappa shape index (κ1) is 19.3. The molecule has 4 rings (SSSR count). The van der Waals surface area contributed by atoms with Crippen LogP contribution >= 0.6 is 0 Å². The first-order valence-electron chi connectivity index (χ1n) is 10.2. The Morgan fingerprint density at radius 2 is 1.83 bits per heavy atom. The Labute approximate surface area is 171 Å². The summed E-state index contributed by atoms with van der Waals surface area (Å²) in [4.78, 5) is 23.2. The van der Waals surface area contributed by atoms with Crippen molar-refractivity contribution in [3.05, 3.63) is 83.9 Å². The van der Waals surface area contributed by atoms with Crippen molar-refractivity contribution < 1.29 is 4.79 Å². The summed E-state index contributed by atoms with van der Waals surface area (Å²) in [5.41, 5.74) is 11.2. The van der Waals surface area contributed by atoms with E-state index >= 15 is 0 Å². The van der Waals surface area contributed by atoms with Gasteiger partial charge in [0.2, 0.25) is 5.91 Å². The van der Waals surface area contributed by atoms with Gasteiger partial charge in [0.1, 0.15) is 0 Å². The van der Waals surface area contributed by atoms with Crippen LogP contribution < -0.4 is 5.73 Å². The van der Waals surface area contributed by atoms with Gasteiger partial charge in [-0.25, -0.2) is 0 Å². The van der Waals surface area contributed by atoms with Gasteiger partial charge in [0.15, 0.2) is 0 Å². The fourth-order valence-corrected chi connectivity index (χ4v) is 4.18. The van der Waals surface area contributed by atoms with E-state index in [-0.39, 0.29) is 11.9 Å². The molecule has 0 aliphatic heterocycles. The Morgan fingerprint density at radius 1 is 1.03 bits per heavy atom. The third kappa shape index (κ3) is 4.51. The number of nitrogens with two attached hydrogens (primary N) is 1. The average Bonchev–Trinajstić information content (AvgIpc) is 2.77. The normalized spacial score (nSPS) is 15.8. The van der Waals surface area contributed by atoms with Gasteiger partial charge in [-0.1, -0.05) is 42.5 Å². The second-order valence-electron chi connectivity index (χ2n) is 7.51. The third-order valence-corrected chi connectivity index (χ3v) is 5.58. The first-order valence-corrected chi connectivity index (χ1v) is 10.2. The van der Waals surface area contributed by atoms with Crippen LogP contribution in [0.15, 0.2) is 67.0 Å². The van der Waals surface area contributed by atoms with E-state index in [4.69, 9.17) is 15.7 Å². The number of rotatable bonds is 7. The molecule has 1 aliphatic carbocycles. The van der Waals surface area contributed by atoms with Crippen LogP contribution in [0.3, 0.4) is 0 Å². The number of pyridine rings is 2. The monoisotopic (exact) mass is 386 g/mol. The molecule has 0 spiro atoms. The van der Waals surface area contributed by atoms with Gasteiger partial charge in [0.25, 0.3) is 0 Å². The molecule has 0 fully saturated rings. The highest BCUT2D eigenvalue weighted by atomic mass is 16.1. The topological polar surface area (TPSA) is 72.1 Å². The van der Waals surface area contributed by atoms with Crippen molar-refractivity contribution in [2.24, 2.45) is 5.73 Å². The van der Waals surface area contributed by atoms with Crippen molar-refractivity contribution >= 4 is 5.91 Å². The van der Waals surface area contributed by atoms with Crippen LogP contribution in [0, 0.1) is 0 Å². The summed E-state index contributed by atoms with van der Waals surface area (Å²) < 4.78 is 0. The van der Waals surface area contributed by atoms with Crippen LogP contribution in [0.25, 0.3) is 11.1 Å². The van der Waals surface area contributed by atoms with E-state index in [0.29, 0.717) is 19.5 Å². The predicted molar refractivity (Wildman–Crippen MR) is 114 cm³/mol. The lowest BCUT2D eigenvalue weighted by atomic mass is 9.90. The molecule has 148 valence electrons. The summed E-state index contributed by atoms with van der Waals surface area (Å²) in [5.74, 6) is -0.281. The molecule has 0 bridgehead atoms. The molecule has 0 saturated heterocycles. The van der Waals surface area contributed by atoms with Crippen LogP contribution in [0.4, 0.5) is 0 Å². The Kier molecular flexibility index (Phi) is 5.96. The molecule has 2 N–H and O–H groups in total. The Balaban J connectivity index is 1.67. The van der Waals surface area contributed by atoms with E-state index in [0.717, 1.165) is 41.8 Å². The second kappa shape index (κ2) is 8.97. The molecule has 1 amide bonds. The molecule has 29 heavy (non-hydrogen) atoms. The zero-order chi connectivity index (χ0) is 20.1. The fraction of sp³-hybridized carbons (Fsp3) is 0.292. The highest BCUT2D eigenvalue weighted by molar-refractivity contribution is 5.73. The first-order chi connectivity index (χ1) is 14.2. The highest BCUT2D eigenvalue weighted by Gasteiger charge is 2.28. The molecule has 5 nitrogen and oxygen atoms in total. The van der Waals surface area contributed by atoms with Gasteiger partial charge in [-0.05, 0) is 42.5 Å². The lowest BCUT2D eigenvalue weighted by Gasteiger charge is -2.35. The van der Waals surface area contributed by atoms with Gasteiger partial charge in [0.05, 0.1) is 17.4 Å². The van der Waals surface area contributed by atoms with E-state index in [9.17, 15) is 4.79 Å². The summed E-state index contributed by atoms with van der Waals surface area (Å²) in [6.07, 6.45) is 7.22. The molecule has 5 heteroatoms. The molecule has 0 radical (unpaired) electrons. The van der Waals surface area contributed by atoms with Crippen molar-refractivity contribution in [1.82, 2.24) is 14.9 Å². The van der Waals surface area contributed by atoms with Crippen molar-refractivity contribution in [2.75, 3.05) is 6.54 Å². The van der Waals surface area contributed by atoms with Crippen LogP contribution in [-0.2, 0) is 17.8 Å². The number of aromatic nitrogens is 2. The average molecular weight is 386 g/mol.